The Kier molecular flexibility index (Phi) is 9.04. The van der Waals surface area contributed by atoms with Crippen LogP contribution in [0.3, 0.4) is 0 Å². The van der Waals surface area contributed by atoms with E-state index in [0.29, 0.717) is 6.42 Å². The fourth-order valence-corrected chi connectivity index (χ4v) is 2.40. The minimum Gasteiger partial charge on any atom is -0.481 e. The van der Waals surface area contributed by atoms with E-state index in [1.807, 2.05) is 0 Å². The van der Waals surface area contributed by atoms with Gasteiger partial charge in [0.2, 0.25) is 0 Å². The van der Waals surface area contributed by atoms with Crippen LogP contribution in [0, 0.1) is 0 Å². The van der Waals surface area contributed by atoms with Gasteiger partial charge in [0.1, 0.15) is 0 Å². The van der Waals surface area contributed by atoms with Gasteiger partial charge in [0.25, 0.3) is 0 Å². The van der Waals surface area contributed by atoms with Crippen molar-refractivity contribution >= 4 is 11.9 Å². The molecule has 0 unspecified atom stereocenters. The minimum absolute atomic E-state index is 0.113. The van der Waals surface area contributed by atoms with Crippen LogP contribution in [-0.2, 0) is 14.4 Å². The maximum atomic E-state index is 11.6. The van der Waals surface area contributed by atoms with Crippen molar-refractivity contribution in [3.05, 3.63) is 0 Å². The molecule has 5 nitrogen and oxygen atoms in total. The van der Waals surface area contributed by atoms with E-state index >= 15 is 0 Å². The molecule has 0 aromatic heterocycles. The van der Waals surface area contributed by atoms with Crippen molar-refractivity contribution in [2.45, 2.75) is 70.6 Å². The molecule has 1 aliphatic heterocycles. The standard InChI is InChI=1S/C15H27NO4/c17-14(18)10-6-3-1-2-4-7-11-15(19)20-16-12-8-5-9-13-16/h1-13H2,(H,17,18). The van der Waals surface area contributed by atoms with E-state index in [0.717, 1.165) is 64.5 Å². The molecule has 1 N–H and O–H groups in total. The molecule has 1 aliphatic rings. The van der Waals surface area contributed by atoms with E-state index < -0.39 is 5.97 Å². The van der Waals surface area contributed by atoms with Crippen molar-refractivity contribution in [1.82, 2.24) is 5.06 Å². The second kappa shape index (κ2) is 10.7. The van der Waals surface area contributed by atoms with Gasteiger partial charge in [-0.15, -0.1) is 5.06 Å². The second-order valence-corrected chi connectivity index (χ2v) is 5.47. The van der Waals surface area contributed by atoms with E-state index in [-0.39, 0.29) is 12.4 Å². The van der Waals surface area contributed by atoms with Gasteiger partial charge in [0.15, 0.2) is 0 Å². The van der Waals surface area contributed by atoms with Gasteiger partial charge in [-0.2, -0.15) is 0 Å². The Hall–Kier alpha value is -1.10. The fraction of sp³-hybridized carbons (Fsp3) is 0.867. The Labute approximate surface area is 121 Å². The van der Waals surface area contributed by atoms with E-state index in [2.05, 4.69) is 0 Å². The Morgan fingerprint density at radius 3 is 2.00 bits per heavy atom. The molecule has 1 rings (SSSR count). The van der Waals surface area contributed by atoms with Gasteiger partial charge in [0, 0.05) is 25.9 Å². The third kappa shape index (κ3) is 8.91. The number of unbranched alkanes of at least 4 members (excludes halogenated alkanes) is 5. The summed E-state index contributed by atoms with van der Waals surface area (Å²) in [5, 5.41) is 10.3. The molecule has 0 aliphatic carbocycles. The fourth-order valence-electron chi connectivity index (χ4n) is 2.40. The highest BCUT2D eigenvalue weighted by Crippen LogP contribution is 2.12. The number of hydroxylamine groups is 2. The maximum absolute atomic E-state index is 11.6. The van der Waals surface area contributed by atoms with Crippen LogP contribution < -0.4 is 0 Å². The normalized spacial score (nSPS) is 16.0. The molecule has 20 heavy (non-hydrogen) atoms. The molecule has 0 spiro atoms. The van der Waals surface area contributed by atoms with Crippen LogP contribution in [0.4, 0.5) is 0 Å². The summed E-state index contributed by atoms with van der Waals surface area (Å²) in [7, 11) is 0. The number of rotatable bonds is 10. The molecule has 0 aromatic carbocycles. The minimum atomic E-state index is -0.717. The van der Waals surface area contributed by atoms with Crippen LogP contribution >= 0.6 is 0 Å². The summed E-state index contributed by atoms with van der Waals surface area (Å²) in [6.45, 7) is 1.74. The number of hydrogen-bond acceptors (Lipinski definition) is 4. The molecule has 0 radical (unpaired) electrons. The van der Waals surface area contributed by atoms with Crippen molar-refractivity contribution < 1.29 is 19.5 Å². The predicted octanol–water partition coefficient (Wildman–Crippen LogP) is 3.14. The molecule has 0 bridgehead atoms. The Bertz CT molecular complexity index is 288. The summed E-state index contributed by atoms with van der Waals surface area (Å²) in [4.78, 5) is 27.2. The number of carbonyl (C=O) groups is 2. The molecule has 1 heterocycles. The smallest absolute Gasteiger partial charge is 0.325 e. The average molecular weight is 285 g/mol. The molecule has 0 atom stereocenters. The third-order valence-electron chi connectivity index (χ3n) is 3.57. The summed E-state index contributed by atoms with van der Waals surface area (Å²) < 4.78 is 0. The molecule has 0 amide bonds. The third-order valence-corrected chi connectivity index (χ3v) is 3.57. The zero-order valence-corrected chi connectivity index (χ0v) is 12.3. The van der Waals surface area contributed by atoms with Crippen LogP contribution in [0.15, 0.2) is 0 Å². The van der Waals surface area contributed by atoms with E-state index in [4.69, 9.17) is 9.94 Å². The van der Waals surface area contributed by atoms with Crippen molar-refractivity contribution in [1.29, 1.82) is 0 Å². The van der Waals surface area contributed by atoms with Gasteiger partial charge >= 0.3 is 11.9 Å². The Morgan fingerprint density at radius 1 is 0.850 bits per heavy atom. The van der Waals surface area contributed by atoms with Gasteiger partial charge in [-0.1, -0.05) is 32.1 Å². The molecule has 1 saturated heterocycles. The van der Waals surface area contributed by atoms with Crippen molar-refractivity contribution in [2.24, 2.45) is 0 Å². The predicted molar refractivity (Wildman–Crippen MR) is 76.1 cm³/mol. The van der Waals surface area contributed by atoms with Gasteiger partial charge in [-0.05, 0) is 25.7 Å². The molecular formula is C15H27NO4. The Balaban J connectivity index is 1.87. The van der Waals surface area contributed by atoms with Crippen LogP contribution in [0.2, 0.25) is 0 Å². The molecule has 5 heteroatoms. The lowest BCUT2D eigenvalue weighted by Gasteiger charge is -2.24. The van der Waals surface area contributed by atoms with Crippen molar-refractivity contribution in [3.63, 3.8) is 0 Å². The summed E-state index contributed by atoms with van der Waals surface area (Å²) in [6, 6.07) is 0. The van der Waals surface area contributed by atoms with Gasteiger partial charge < -0.3 is 9.94 Å². The lowest BCUT2D eigenvalue weighted by atomic mass is 10.1. The molecule has 0 saturated carbocycles. The number of piperidine rings is 1. The van der Waals surface area contributed by atoms with Crippen LogP contribution in [0.1, 0.15) is 70.6 Å². The summed E-state index contributed by atoms with van der Waals surface area (Å²) in [6.07, 6.45) is 9.94. The monoisotopic (exact) mass is 285 g/mol. The van der Waals surface area contributed by atoms with Gasteiger partial charge in [-0.25, -0.2) is 0 Å². The summed E-state index contributed by atoms with van der Waals surface area (Å²) >= 11 is 0. The van der Waals surface area contributed by atoms with E-state index in [1.54, 1.807) is 5.06 Å². The lowest BCUT2D eigenvalue weighted by molar-refractivity contribution is -0.194. The quantitative estimate of drug-likeness (QED) is 0.625. The zero-order valence-electron chi connectivity index (χ0n) is 12.3. The topological polar surface area (TPSA) is 66.8 Å². The van der Waals surface area contributed by atoms with Gasteiger partial charge in [0.05, 0.1) is 0 Å². The van der Waals surface area contributed by atoms with Crippen LogP contribution in [0.5, 0.6) is 0 Å². The molecule has 1 fully saturated rings. The molecule has 116 valence electrons. The number of hydrogen-bond donors (Lipinski definition) is 1. The average Bonchev–Trinajstić information content (AvgIpc) is 2.42. The maximum Gasteiger partial charge on any atom is 0.325 e. The first-order chi connectivity index (χ1) is 9.68. The highest BCUT2D eigenvalue weighted by molar-refractivity contribution is 5.68. The highest BCUT2D eigenvalue weighted by atomic mass is 16.7. The van der Waals surface area contributed by atoms with Gasteiger partial charge in [-0.3, -0.25) is 9.59 Å². The first-order valence-electron chi connectivity index (χ1n) is 7.86. The number of carboxylic acid groups (broad SMARTS) is 1. The second-order valence-electron chi connectivity index (χ2n) is 5.47. The lowest BCUT2D eigenvalue weighted by Crippen LogP contribution is -2.32. The van der Waals surface area contributed by atoms with Crippen LogP contribution in [0.25, 0.3) is 0 Å². The Morgan fingerprint density at radius 2 is 1.40 bits per heavy atom. The summed E-state index contributed by atoms with van der Waals surface area (Å²) in [5.41, 5.74) is 0. The van der Waals surface area contributed by atoms with Crippen molar-refractivity contribution in [3.8, 4) is 0 Å². The van der Waals surface area contributed by atoms with Crippen LogP contribution in [-0.4, -0.2) is 35.2 Å². The number of carboxylic acids is 1. The SMILES string of the molecule is O=C(O)CCCCCCCCC(=O)ON1CCCCC1. The zero-order chi connectivity index (χ0) is 14.6. The van der Waals surface area contributed by atoms with Crippen molar-refractivity contribution in [2.75, 3.05) is 13.1 Å². The number of nitrogens with zero attached hydrogens (tertiary/aromatic N) is 1. The molecular weight excluding hydrogens is 258 g/mol. The first kappa shape index (κ1) is 17.0. The largest absolute Gasteiger partial charge is 0.481 e. The van der Waals surface area contributed by atoms with E-state index in [9.17, 15) is 9.59 Å². The first-order valence-corrected chi connectivity index (χ1v) is 7.86. The summed E-state index contributed by atoms with van der Waals surface area (Å²) in [5.74, 6) is -0.830. The number of carbonyl (C=O) groups excluding carboxylic acids is 1. The number of aliphatic carboxylic acids is 1. The molecule has 0 aromatic rings. The highest BCUT2D eigenvalue weighted by Gasteiger charge is 2.14. The van der Waals surface area contributed by atoms with E-state index in [1.165, 1.54) is 6.42 Å².